The molecule has 1 atom stereocenters. The van der Waals surface area contributed by atoms with Crippen molar-refractivity contribution >= 4 is 40.9 Å². The summed E-state index contributed by atoms with van der Waals surface area (Å²) >= 11 is 13.4. The highest BCUT2D eigenvalue weighted by atomic mass is 35.5. The highest BCUT2D eigenvalue weighted by molar-refractivity contribution is 7.99. The summed E-state index contributed by atoms with van der Waals surface area (Å²) in [5.74, 6) is 0.887. The molecule has 0 unspecified atom stereocenters. The lowest BCUT2D eigenvalue weighted by molar-refractivity contribution is -0.120. The minimum atomic E-state index is -0.0416. The van der Waals surface area contributed by atoms with Crippen molar-refractivity contribution in [3.05, 3.63) is 33.8 Å². The predicted octanol–water partition coefficient (Wildman–Crippen LogP) is 3.89. The highest BCUT2D eigenvalue weighted by Gasteiger charge is 2.25. The van der Waals surface area contributed by atoms with E-state index in [4.69, 9.17) is 23.2 Å². The molecule has 1 aliphatic carbocycles. The monoisotopic (exact) mass is 303 g/mol. The third-order valence-electron chi connectivity index (χ3n) is 2.78. The fourth-order valence-electron chi connectivity index (χ4n) is 1.47. The van der Waals surface area contributed by atoms with Crippen LogP contribution in [0.15, 0.2) is 18.2 Å². The van der Waals surface area contributed by atoms with Crippen LogP contribution in [0.3, 0.4) is 0 Å². The fraction of sp³-hybridized carbons (Fsp3) is 0.462. The van der Waals surface area contributed by atoms with E-state index < -0.39 is 0 Å². The Morgan fingerprint density at radius 1 is 1.44 bits per heavy atom. The molecule has 1 aliphatic rings. The number of thioether (sulfide) groups is 1. The lowest BCUT2D eigenvalue weighted by atomic mass is 10.2. The molecule has 0 aliphatic heterocycles. The number of nitrogens with one attached hydrogen (secondary N) is 1. The molecule has 0 spiro atoms. The van der Waals surface area contributed by atoms with Gasteiger partial charge < -0.3 is 5.32 Å². The van der Waals surface area contributed by atoms with Crippen LogP contribution < -0.4 is 5.32 Å². The number of carbonyl (C=O) groups excluding carboxylic acids is 1. The summed E-state index contributed by atoms with van der Waals surface area (Å²) in [6.07, 6.45) is 2.24. The molecule has 1 aromatic carbocycles. The van der Waals surface area contributed by atoms with E-state index in [1.165, 1.54) is 0 Å². The van der Waals surface area contributed by atoms with Crippen molar-refractivity contribution in [2.45, 2.75) is 36.8 Å². The Labute approximate surface area is 121 Å². The van der Waals surface area contributed by atoms with Gasteiger partial charge in [0.05, 0.1) is 15.3 Å². The maximum absolute atomic E-state index is 11.8. The van der Waals surface area contributed by atoms with Crippen LogP contribution in [-0.4, -0.2) is 17.2 Å². The Balaban J connectivity index is 1.82. The standard InChI is InChI=1S/C13H15Cl2NOS/c1-8(13(17)16-10-3-4-10)18-7-9-2-5-11(14)12(15)6-9/h2,5-6,8,10H,3-4,7H2,1H3,(H,16,17)/t8-/m0/s1. The van der Waals surface area contributed by atoms with Crippen molar-refractivity contribution in [3.63, 3.8) is 0 Å². The summed E-state index contributed by atoms with van der Waals surface area (Å²) in [7, 11) is 0. The molecule has 0 aromatic heterocycles. The first-order chi connectivity index (χ1) is 8.56. The van der Waals surface area contributed by atoms with Crippen molar-refractivity contribution in [3.8, 4) is 0 Å². The molecular weight excluding hydrogens is 289 g/mol. The quantitative estimate of drug-likeness (QED) is 0.894. The maximum atomic E-state index is 11.8. The van der Waals surface area contributed by atoms with Gasteiger partial charge in [-0.05, 0) is 37.5 Å². The van der Waals surface area contributed by atoms with E-state index in [9.17, 15) is 4.79 Å². The minimum Gasteiger partial charge on any atom is -0.352 e. The first kappa shape index (κ1) is 14.0. The minimum absolute atomic E-state index is 0.0416. The Bertz CT molecular complexity index is 449. The lowest BCUT2D eigenvalue weighted by Gasteiger charge is -2.11. The van der Waals surface area contributed by atoms with Crippen LogP contribution >= 0.6 is 35.0 Å². The Kier molecular flexibility index (Phi) is 4.82. The molecule has 0 saturated heterocycles. The fourth-order valence-corrected chi connectivity index (χ4v) is 2.63. The molecule has 18 heavy (non-hydrogen) atoms. The molecule has 1 fully saturated rings. The van der Waals surface area contributed by atoms with E-state index in [0.29, 0.717) is 16.1 Å². The Hall–Kier alpha value is -0.380. The lowest BCUT2D eigenvalue weighted by Crippen LogP contribution is -2.32. The molecular formula is C13H15Cl2NOS. The summed E-state index contributed by atoms with van der Waals surface area (Å²) in [5, 5.41) is 4.08. The average Bonchev–Trinajstić information content (AvgIpc) is 3.14. The van der Waals surface area contributed by atoms with Gasteiger partial charge in [-0.3, -0.25) is 4.79 Å². The number of amides is 1. The van der Waals surface area contributed by atoms with E-state index in [-0.39, 0.29) is 11.2 Å². The smallest absolute Gasteiger partial charge is 0.233 e. The van der Waals surface area contributed by atoms with Crippen LogP contribution in [0.1, 0.15) is 25.3 Å². The molecule has 2 nitrogen and oxygen atoms in total. The van der Waals surface area contributed by atoms with Gasteiger partial charge >= 0.3 is 0 Å². The normalized spacial score (nSPS) is 16.4. The first-order valence-corrected chi connectivity index (χ1v) is 7.72. The van der Waals surface area contributed by atoms with Crippen molar-refractivity contribution in [2.24, 2.45) is 0 Å². The van der Waals surface area contributed by atoms with Crippen molar-refractivity contribution in [1.82, 2.24) is 5.32 Å². The maximum Gasteiger partial charge on any atom is 0.233 e. The molecule has 1 saturated carbocycles. The topological polar surface area (TPSA) is 29.1 Å². The van der Waals surface area contributed by atoms with Crippen molar-refractivity contribution in [1.29, 1.82) is 0 Å². The number of rotatable bonds is 5. The first-order valence-electron chi connectivity index (χ1n) is 5.92. The summed E-state index contributed by atoms with van der Waals surface area (Å²) in [4.78, 5) is 11.8. The van der Waals surface area contributed by atoms with Gasteiger partial charge in [-0.15, -0.1) is 11.8 Å². The van der Waals surface area contributed by atoms with E-state index >= 15 is 0 Å². The van der Waals surface area contributed by atoms with E-state index in [1.54, 1.807) is 17.8 Å². The predicted molar refractivity (Wildman–Crippen MR) is 78.4 cm³/mol. The number of carbonyl (C=O) groups is 1. The third kappa shape index (κ3) is 4.08. The van der Waals surface area contributed by atoms with E-state index in [2.05, 4.69) is 5.32 Å². The van der Waals surface area contributed by atoms with Crippen molar-refractivity contribution in [2.75, 3.05) is 0 Å². The number of hydrogen-bond acceptors (Lipinski definition) is 2. The van der Waals surface area contributed by atoms with Gasteiger partial charge in [-0.25, -0.2) is 0 Å². The van der Waals surface area contributed by atoms with Crippen LogP contribution in [0.4, 0.5) is 0 Å². The second-order valence-corrected chi connectivity index (χ2v) is 6.63. The third-order valence-corrected chi connectivity index (χ3v) is 4.73. The number of benzene rings is 1. The van der Waals surface area contributed by atoms with Gasteiger partial charge in [0, 0.05) is 11.8 Å². The molecule has 2 rings (SSSR count). The molecule has 1 aromatic rings. The molecule has 98 valence electrons. The molecule has 0 radical (unpaired) electrons. The zero-order valence-electron chi connectivity index (χ0n) is 10.1. The van der Waals surface area contributed by atoms with Crippen LogP contribution in [-0.2, 0) is 10.5 Å². The van der Waals surface area contributed by atoms with Gasteiger partial charge in [-0.1, -0.05) is 29.3 Å². The summed E-state index contributed by atoms with van der Waals surface area (Å²) in [6.45, 7) is 1.93. The SMILES string of the molecule is C[C@H](SCc1ccc(Cl)c(Cl)c1)C(=O)NC1CC1. The average molecular weight is 304 g/mol. The summed E-state index contributed by atoms with van der Waals surface area (Å²) in [6, 6.07) is 6.00. The van der Waals surface area contributed by atoms with Crippen LogP contribution in [0.5, 0.6) is 0 Å². The van der Waals surface area contributed by atoms with Gasteiger partial charge in [0.1, 0.15) is 0 Å². The summed E-state index contributed by atoms with van der Waals surface area (Å²) < 4.78 is 0. The number of halogens is 2. The zero-order valence-corrected chi connectivity index (χ0v) is 12.4. The van der Waals surface area contributed by atoms with Crippen LogP contribution in [0.2, 0.25) is 10.0 Å². The zero-order chi connectivity index (χ0) is 13.1. The number of hydrogen-bond donors (Lipinski definition) is 1. The second kappa shape index (κ2) is 6.18. The molecule has 0 heterocycles. The van der Waals surface area contributed by atoms with E-state index in [0.717, 1.165) is 24.2 Å². The largest absolute Gasteiger partial charge is 0.352 e. The highest BCUT2D eigenvalue weighted by Crippen LogP contribution is 2.26. The van der Waals surface area contributed by atoms with Gasteiger partial charge in [0.2, 0.25) is 5.91 Å². The van der Waals surface area contributed by atoms with E-state index in [1.807, 2.05) is 19.1 Å². The Morgan fingerprint density at radius 2 is 2.17 bits per heavy atom. The Morgan fingerprint density at radius 3 is 2.78 bits per heavy atom. The van der Waals surface area contributed by atoms with Gasteiger partial charge in [0.15, 0.2) is 0 Å². The molecule has 1 N–H and O–H groups in total. The summed E-state index contributed by atoms with van der Waals surface area (Å²) in [5.41, 5.74) is 1.08. The van der Waals surface area contributed by atoms with Crippen molar-refractivity contribution < 1.29 is 4.79 Å². The molecule has 1 amide bonds. The van der Waals surface area contributed by atoms with Gasteiger partial charge in [-0.2, -0.15) is 0 Å². The second-order valence-electron chi connectivity index (χ2n) is 4.48. The van der Waals surface area contributed by atoms with Crippen LogP contribution in [0, 0.1) is 0 Å². The van der Waals surface area contributed by atoms with Gasteiger partial charge in [0.25, 0.3) is 0 Å². The van der Waals surface area contributed by atoms with Crippen LogP contribution in [0.25, 0.3) is 0 Å². The molecule has 5 heteroatoms. The molecule has 0 bridgehead atoms.